The lowest BCUT2D eigenvalue weighted by molar-refractivity contribution is -0.209. The Labute approximate surface area is 107 Å². The molecule has 0 aliphatic carbocycles. The smallest absolute Gasteiger partial charge is 0.160 e. The highest BCUT2D eigenvalue weighted by Gasteiger charge is 2.23. The number of aliphatic hydroxyl groups is 2. The monoisotopic (exact) mass is 258 g/mol. The molecule has 1 unspecified atom stereocenters. The Morgan fingerprint density at radius 2 is 2.00 bits per heavy atom. The van der Waals surface area contributed by atoms with Gasteiger partial charge in [-0.3, -0.25) is 0 Å². The number of aliphatic hydroxyl groups excluding tert-OH is 1. The summed E-state index contributed by atoms with van der Waals surface area (Å²) >= 11 is 6.10. The van der Waals surface area contributed by atoms with Gasteiger partial charge in [0.25, 0.3) is 0 Å². The minimum atomic E-state index is -1.22. The van der Waals surface area contributed by atoms with Crippen LogP contribution in [0.15, 0.2) is 24.3 Å². The van der Waals surface area contributed by atoms with Crippen LogP contribution in [-0.2, 0) is 4.74 Å². The number of ether oxygens (including phenoxy) is 1. The SMILES string of the molecule is CC(C)(O)OC(CCCO)c1ccccc1Cl. The number of hydrogen-bond acceptors (Lipinski definition) is 3. The molecule has 4 heteroatoms. The molecule has 0 aliphatic heterocycles. The summed E-state index contributed by atoms with van der Waals surface area (Å²) in [5, 5.41) is 19.2. The van der Waals surface area contributed by atoms with E-state index in [4.69, 9.17) is 21.4 Å². The Hall–Kier alpha value is -0.610. The maximum atomic E-state index is 9.71. The van der Waals surface area contributed by atoms with E-state index >= 15 is 0 Å². The fraction of sp³-hybridized carbons (Fsp3) is 0.538. The third kappa shape index (κ3) is 5.04. The summed E-state index contributed by atoms with van der Waals surface area (Å²) in [6.45, 7) is 3.25. The van der Waals surface area contributed by atoms with Gasteiger partial charge in [-0.15, -0.1) is 0 Å². The fourth-order valence-electron chi connectivity index (χ4n) is 1.64. The first-order valence-electron chi connectivity index (χ1n) is 5.69. The van der Waals surface area contributed by atoms with Crippen LogP contribution < -0.4 is 0 Å². The van der Waals surface area contributed by atoms with Gasteiger partial charge in [0.1, 0.15) is 0 Å². The van der Waals surface area contributed by atoms with Crippen LogP contribution in [0.25, 0.3) is 0 Å². The van der Waals surface area contributed by atoms with Crippen molar-refractivity contribution in [2.75, 3.05) is 6.61 Å². The van der Waals surface area contributed by atoms with E-state index < -0.39 is 5.79 Å². The molecule has 0 saturated carbocycles. The summed E-state index contributed by atoms with van der Waals surface area (Å²) in [7, 11) is 0. The highest BCUT2D eigenvalue weighted by atomic mass is 35.5. The number of halogens is 1. The minimum absolute atomic E-state index is 0.0934. The molecule has 0 radical (unpaired) electrons. The zero-order valence-electron chi connectivity index (χ0n) is 10.2. The first kappa shape index (κ1) is 14.5. The summed E-state index contributed by atoms with van der Waals surface area (Å²) in [4.78, 5) is 0. The van der Waals surface area contributed by atoms with Gasteiger partial charge in [-0.25, -0.2) is 0 Å². The minimum Gasteiger partial charge on any atom is -0.396 e. The van der Waals surface area contributed by atoms with Crippen molar-refractivity contribution in [3.63, 3.8) is 0 Å². The largest absolute Gasteiger partial charge is 0.396 e. The number of benzene rings is 1. The van der Waals surface area contributed by atoms with Crippen LogP contribution in [0.3, 0.4) is 0 Å². The van der Waals surface area contributed by atoms with Gasteiger partial charge in [-0.1, -0.05) is 29.8 Å². The molecule has 0 fully saturated rings. The lowest BCUT2D eigenvalue weighted by Gasteiger charge is -2.27. The van der Waals surface area contributed by atoms with Crippen molar-refractivity contribution in [2.24, 2.45) is 0 Å². The molecule has 0 bridgehead atoms. The second-order valence-corrected chi connectivity index (χ2v) is 4.85. The van der Waals surface area contributed by atoms with Crippen LogP contribution in [0.1, 0.15) is 38.4 Å². The van der Waals surface area contributed by atoms with Crippen molar-refractivity contribution in [3.05, 3.63) is 34.9 Å². The molecule has 2 N–H and O–H groups in total. The zero-order valence-corrected chi connectivity index (χ0v) is 10.9. The van der Waals surface area contributed by atoms with Crippen molar-refractivity contribution >= 4 is 11.6 Å². The van der Waals surface area contributed by atoms with Crippen LogP contribution in [0.5, 0.6) is 0 Å². The quantitative estimate of drug-likeness (QED) is 0.772. The Morgan fingerprint density at radius 1 is 1.35 bits per heavy atom. The molecule has 0 saturated heterocycles. The molecule has 1 aromatic carbocycles. The zero-order chi connectivity index (χ0) is 12.9. The van der Waals surface area contributed by atoms with Gasteiger partial charge in [-0.05, 0) is 38.3 Å². The lowest BCUT2D eigenvalue weighted by Crippen LogP contribution is -2.26. The van der Waals surface area contributed by atoms with E-state index in [0.717, 1.165) is 5.56 Å². The molecule has 1 rings (SSSR count). The van der Waals surface area contributed by atoms with Crippen molar-refractivity contribution in [1.82, 2.24) is 0 Å². The van der Waals surface area contributed by atoms with E-state index in [-0.39, 0.29) is 12.7 Å². The van der Waals surface area contributed by atoms with E-state index in [1.165, 1.54) is 0 Å². The molecule has 0 spiro atoms. The van der Waals surface area contributed by atoms with Gasteiger partial charge in [0.05, 0.1) is 6.10 Å². The predicted molar refractivity (Wildman–Crippen MR) is 67.9 cm³/mol. The molecule has 1 aromatic rings. The Balaban J connectivity index is 2.86. The molecule has 0 heterocycles. The predicted octanol–water partition coefficient (Wildman–Crippen LogP) is 2.90. The summed E-state index contributed by atoms with van der Waals surface area (Å²) < 4.78 is 5.57. The molecule has 17 heavy (non-hydrogen) atoms. The third-order valence-electron chi connectivity index (χ3n) is 2.31. The second kappa shape index (κ2) is 6.36. The summed E-state index contributed by atoms with van der Waals surface area (Å²) in [5.41, 5.74) is 0.838. The van der Waals surface area contributed by atoms with Crippen LogP contribution in [0, 0.1) is 0 Å². The van der Waals surface area contributed by atoms with Crippen molar-refractivity contribution in [2.45, 2.75) is 38.6 Å². The van der Waals surface area contributed by atoms with Gasteiger partial charge >= 0.3 is 0 Å². The Kier molecular flexibility index (Phi) is 5.40. The first-order valence-corrected chi connectivity index (χ1v) is 6.07. The summed E-state index contributed by atoms with van der Waals surface area (Å²) in [6.07, 6.45) is 0.909. The Bertz CT molecular complexity index is 347. The van der Waals surface area contributed by atoms with Gasteiger partial charge in [0.15, 0.2) is 5.79 Å². The summed E-state index contributed by atoms with van der Waals surface area (Å²) in [6, 6.07) is 7.38. The van der Waals surface area contributed by atoms with Gasteiger partial charge in [-0.2, -0.15) is 0 Å². The van der Waals surface area contributed by atoms with Crippen LogP contribution in [0.2, 0.25) is 5.02 Å². The average molecular weight is 259 g/mol. The van der Waals surface area contributed by atoms with E-state index in [1.807, 2.05) is 18.2 Å². The molecular weight excluding hydrogens is 240 g/mol. The Morgan fingerprint density at radius 3 is 2.53 bits per heavy atom. The number of hydrogen-bond donors (Lipinski definition) is 2. The fourth-order valence-corrected chi connectivity index (χ4v) is 1.90. The van der Waals surface area contributed by atoms with Crippen molar-refractivity contribution < 1.29 is 14.9 Å². The van der Waals surface area contributed by atoms with Crippen LogP contribution >= 0.6 is 11.6 Å². The molecule has 96 valence electrons. The van der Waals surface area contributed by atoms with E-state index in [0.29, 0.717) is 17.9 Å². The van der Waals surface area contributed by atoms with Crippen molar-refractivity contribution in [3.8, 4) is 0 Å². The molecule has 0 amide bonds. The number of rotatable bonds is 6. The first-order chi connectivity index (χ1) is 7.94. The maximum Gasteiger partial charge on any atom is 0.160 e. The average Bonchev–Trinajstić information content (AvgIpc) is 2.23. The summed E-state index contributed by atoms with van der Waals surface area (Å²) in [5.74, 6) is -1.22. The maximum absolute atomic E-state index is 9.71. The van der Waals surface area contributed by atoms with Gasteiger partial charge in [0.2, 0.25) is 0 Å². The highest BCUT2D eigenvalue weighted by molar-refractivity contribution is 6.31. The van der Waals surface area contributed by atoms with E-state index in [9.17, 15) is 5.11 Å². The topological polar surface area (TPSA) is 49.7 Å². The van der Waals surface area contributed by atoms with Crippen LogP contribution in [-0.4, -0.2) is 22.6 Å². The third-order valence-corrected chi connectivity index (χ3v) is 2.65. The molecule has 3 nitrogen and oxygen atoms in total. The molecule has 0 aliphatic rings. The second-order valence-electron chi connectivity index (χ2n) is 4.44. The van der Waals surface area contributed by atoms with Crippen molar-refractivity contribution in [1.29, 1.82) is 0 Å². The molecule has 0 aromatic heterocycles. The lowest BCUT2D eigenvalue weighted by atomic mass is 10.0. The van der Waals surface area contributed by atoms with Gasteiger partial charge in [0, 0.05) is 11.6 Å². The molecule has 1 atom stereocenters. The highest BCUT2D eigenvalue weighted by Crippen LogP contribution is 2.31. The normalized spacial score (nSPS) is 13.7. The standard InChI is InChI=1S/C13H19ClO3/c1-13(2,16)17-12(8-5-9-15)10-6-3-4-7-11(10)14/h3-4,6-7,12,15-16H,5,8-9H2,1-2H3. The van der Waals surface area contributed by atoms with E-state index in [2.05, 4.69) is 0 Å². The van der Waals surface area contributed by atoms with Crippen LogP contribution in [0.4, 0.5) is 0 Å². The molecular formula is C13H19ClO3. The van der Waals surface area contributed by atoms with E-state index in [1.54, 1.807) is 19.9 Å². The van der Waals surface area contributed by atoms with Gasteiger partial charge < -0.3 is 14.9 Å².